The van der Waals surface area contributed by atoms with Crippen molar-refractivity contribution in [3.8, 4) is 11.1 Å². The van der Waals surface area contributed by atoms with Crippen LogP contribution in [0.1, 0.15) is 17.7 Å². The minimum absolute atomic E-state index is 0.209. The lowest BCUT2D eigenvalue weighted by Gasteiger charge is -2.11. The number of hydrogen-bond donors (Lipinski definition) is 1. The summed E-state index contributed by atoms with van der Waals surface area (Å²) in [5.74, 6) is -1.01. The summed E-state index contributed by atoms with van der Waals surface area (Å²) in [7, 11) is 0. The second kappa shape index (κ2) is 6.91. The molecule has 0 amide bonds. The Labute approximate surface area is 135 Å². The van der Waals surface area contributed by atoms with Crippen LogP contribution in [0, 0.1) is 0 Å². The van der Waals surface area contributed by atoms with Gasteiger partial charge in [-0.05, 0) is 28.8 Å². The first kappa shape index (κ1) is 15.8. The molecular formula is C16H13BrO3S. The van der Waals surface area contributed by atoms with Crippen LogP contribution in [0.15, 0.2) is 53.0 Å². The van der Waals surface area contributed by atoms with Gasteiger partial charge in [0.1, 0.15) is 5.25 Å². The van der Waals surface area contributed by atoms with E-state index in [4.69, 9.17) is 0 Å². The molecule has 0 radical (unpaired) electrons. The number of benzene rings is 2. The van der Waals surface area contributed by atoms with Crippen molar-refractivity contribution >= 4 is 38.8 Å². The van der Waals surface area contributed by atoms with Crippen molar-refractivity contribution < 1.29 is 14.7 Å². The number of carbonyl (C=O) groups is 2. The molecular weight excluding hydrogens is 352 g/mol. The fraction of sp³-hybridized carbons (Fsp3) is 0.125. The minimum Gasteiger partial charge on any atom is -0.480 e. The van der Waals surface area contributed by atoms with Crippen LogP contribution in [-0.4, -0.2) is 16.2 Å². The summed E-state index contributed by atoms with van der Waals surface area (Å²) >= 11 is 4.21. The average Bonchev–Trinajstić information content (AvgIpc) is 2.45. The molecule has 1 unspecified atom stereocenters. The molecule has 0 spiro atoms. The van der Waals surface area contributed by atoms with Crippen molar-refractivity contribution in [2.45, 2.75) is 12.2 Å². The highest BCUT2D eigenvalue weighted by Crippen LogP contribution is 2.31. The third-order valence-electron chi connectivity index (χ3n) is 2.90. The monoisotopic (exact) mass is 364 g/mol. The maximum atomic E-state index is 11.2. The molecule has 0 heterocycles. The fourth-order valence-electron chi connectivity index (χ4n) is 1.92. The number of thioether (sulfide) groups is 1. The summed E-state index contributed by atoms with van der Waals surface area (Å²) < 4.78 is 1.01. The Balaban J connectivity index is 2.26. The number of carbonyl (C=O) groups excluding carboxylic acids is 1. The van der Waals surface area contributed by atoms with E-state index in [1.165, 1.54) is 6.92 Å². The second-order valence-electron chi connectivity index (χ2n) is 4.46. The molecule has 2 rings (SSSR count). The zero-order valence-corrected chi connectivity index (χ0v) is 13.6. The van der Waals surface area contributed by atoms with Gasteiger partial charge in [-0.2, -0.15) is 0 Å². The van der Waals surface area contributed by atoms with Gasteiger partial charge in [-0.1, -0.05) is 64.1 Å². The van der Waals surface area contributed by atoms with Gasteiger partial charge in [-0.15, -0.1) is 0 Å². The Hall–Kier alpha value is -1.59. The molecule has 21 heavy (non-hydrogen) atoms. The van der Waals surface area contributed by atoms with E-state index in [2.05, 4.69) is 15.9 Å². The lowest BCUT2D eigenvalue weighted by atomic mass is 10.0. The predicted octanol–water partition coefficient (Wildman–Crippen LogP) is 4.52. The van der Waals surface area contributed by atoms with E-state index in [-0.39, 0.29) is 5.12 Å². The van der Waals surface area contributed by atoms with Crippen LogP contribution in [0.2, 0.25) is 0 Å². The van der Waals surface area contributed by atoms with Gasteiger partial charge in [0.15, 0.2) is 5.12 Å². The van der Waals surface area contributed by atoms with Crippen LogP contribution in [0.25, 0.3) is 11.1 Å². The number of halogens is 1. The standard InChI is InChI=1S/C16H13BrO3S/c1-10(18)21-15(16(19)20)13-4-2-11(3-5-13)12-6-8-14(17)9-7-12/h2-9,15H,1H3,(H,19,20). The Morgan fingerprint density at radius 1 is 1.00 bits per heavy atom. The summed E-state index contributed by atoms with van der Waals surface area (Å²) in [4.78, 5) is 22.4. The maximum Gasteiger partial charge on any atom is 0.321 e. The highest BCUT2D eigenvalue weighted by Gasteiger charge is 2.22. The zero-order valence-electron chi connectivity index (χ0n) is 11.2. The first-order chi connectivity index (χ1) is 9.97. The summed E-state index contributed by atoms with van der Waals surface area (Å²) in [6.45, 7) is 1.37. The van der Waals surface area contributed by atoms with Gasteiger partial charge < -0.3 is 5.11 Å². The molecule has 0 bridgehead atoms. The molecule has 0 aromatic heterocycles. The Morgan fingerprint density at radius 2 is 1.48 bits per heavy atom. The molecule has 5 heteroatoms. The maximum absolute atomic E-state index is 11.2. The zero-order chi connectivity index (χ0) is 15.4. The molecule has 0 aliphatic heterocycles. The average molecular weight is 365 g/mol. The second-order valence-corrected chi connectivity index (χ2v) is 6.65. The summed E-state index contributed by atoms with van der Waals surface area (Å²) in [6.07, 6.45) is 0. The van der Waals surface area contributed by atoms with Gasteiger partial charge in [-0.3, -0.25) is 9.59 Å². The Kier molecular flexibility index (Phi) is 5.20. The van der Waals surface area contributed by atoms with Crippen LogP contribution in [0.4, 0.5) is 0 Å². The predicted molar refractivity (Wildman–Crippen MR) is 88.2 cm³/mol. The van der Waals surface area contributed by atoms with Crippen LogP contribution in [0.5, 0.6) is 0 Å². The molecule has 2 aromatic carbocycles. The third kappa shape index (κ3) is 4.19. The van der Waals surface area contributed by atoms with Gasteiger partial charge in [0, 0.05) is 11.4 Å². The van der Waals surface area contributed by atoms with E-state index in [1.54, 1.807) is 12.1 Å². The molecule has 0 aliphatic carbocycles. The van der Waals surface area contributed by atoms with Crippen molar-refractivity contribution in [3.63, 3.8) is 0 Å². The molecule has 0 fully saturated rings. The number of carboxylic acids is 1. The van der Waals surface area contributed by atoms with Crippen LogP contribution in [-0.2, 0) is 9.59 Å². The quantitative estimate of drug-likeness (QED) is 0.866. The molecule has 1 N–H and O–H groups in total. The van der Waals surface area contributed by atoms with Crippen LogP contribution in [0.3, 0.4) is 0 Å². The van der Waals surface area contributed by atoms with E-state index < -0.39 is 11.2 Å². The van der Waals surface area contributed by atoms with E-state index in [1.807, 2.05) is 36.4 Å². The number of rotatable bonds is 4. The Morgan fingerprint density at radius 3 is 1.90 bits per heavy atom. The van der Waals surface area contributed by atoms with E-state index in [0.717, 1.165) is 27.4 Å². The van der Waals surface area contributed by atoms with Crippen LogP contribution >= 0.6 is 27.7 Å². The molecule has 0 saturated carbocycles. The van der Waals surface area contributed by atoms with Gasteiger partial charge in [-0.25, -0.2) is 0 Å². The van der Waals surface area contributed by atoms with Crippen molar-refractivity contribution in [3.05, 3.63) is 58.6 Å². The largest absolute Gasteiger partial charge is 0.480 e. The van der Waals surface area contributed by atoms with E-state index in [0.29, 0.717) is 5.56 Å². The molecule has 3 nitrogen and oxygen atoms in total. The highest BCUT2D eigenvalue weighted by molar-refractivity contribution is 9.10. The first-order valence-electron chi connectivity index (χ1n) is 6.23. The number of hydrogen-bond acceptors (Lipinski definition) is 3. The molecule has 1 atom stereocenters. The first-order valence-corrected chi connectivity index (χ1v) is 7.90. The lowest BCUT2D eigenvalue weighted by molar-refractivity contribution is -0.136. The number of aliphatic carboxylic acids is 1. The summed E-state index contributed by atoms with van der Waals surface area (Å²) in [5, 5.41) is 8.15. The van der Waals surface area contributed by atoms with Crippen molar-refractivity contribution in [2.75, 3.05) is 0 Å². The molecule has 2 aromatic rings. The minimum atomic E-state index is -1.01. The topological polar surface area (TPSA) is 54.4 Å². The normalized spacial score (nSPS) is 11.9. The van der Waals surface area contributed by atoms with Crippen molar-refractivity contribution in [1.29, 1.82) is 0 Å². The Bertz CT molecular complexity index is 650. The summed E-state index contributed by atoms with van der Waals surface area (Å²) in [6, 6.07) is 15.1. The van der Waals surface area contributed by atoms with Gasteiger partial charge in [0.05, 0.1) is 0 Å². The SMILES string of the molecule is CC(=O)SC(C(=O)O)c1ccc(-c2ccc(Br)cc2)cc1. The van der Waals surface area contributed by atoms with Crippen molar-refractivity contribution in [1.82, 2.24) is 0 Å². The highest BCUT2D eigenvalue weighted by atomic mass is 79.9. The smallest absolute Gasteiger partial charge is 0.321 e. The van der Waals surface area contributed by atoms with Gasteiger partial charge >= 0.3 is 5.97 Å². The third-order valence-corrected chi connectivity index (χ3v) is 4.47. The summed E-state index contributed by atoms with van der Waals surface area (Å²) in [5.41, 5.74) is 2.67. The van der Waals surface area contributed by atoms with E-state index in [9.17, 15) is 14.7 Å². The van der Waals surface area contributed by atoms with Crippen LogP contribution < -0.4 is 0 Å². The number of carboxylic acid groups (broad SMARTS) is 1. The lowest BCUT2D eigenvalue weighted by Crippen LogP contribution is -2.09. The van der Waals surface area contributed by atoms with Gasteiger partial charge in [0.2, 0.25) is 0 Å². The molecule has 0 aliphatic rings. The molecule has 108 valence electrons. The van der Waals surface area contributed by atoms with Crippen molar-refractivity contribution in [2.24, 2.45) is 0 Å². The van der Waals surface area contributed by atoms with Gasteiger partial charge in [0.25, 0.3) is 0 Å². The fourth-order valence-corrected chi connectivity index (χ4v) is 2.91. The molecule has 0 saturated heterocycles. The van der Waals surface area contributed by atoms with E-state index >= 15 is 0 Å².